The first-order valence-electron chi connectivity index (χ1n) is 5.41. The van der Waals surface area contributed by atoms with Gasteiger partial charge >= 0.3 is 5.97 Å². The maximum absolute atomic E-state index is 11.8. The van der Waals surface area contributed by atoms with E-state index in [-0.39, 0.29) is 5.78 Å². The van der Waals surface area contributed by atoms with Crippen molar-refractivity contribution in [1.29, 1.82) is 0 Å². The third-order valence-corrected chi connectivity index (χ3v) is 2.37. The highest BCUT2D eigenvalue weighted by Crippen LogP contribution is 2.17. The first-order valence-corrected chi connectivity index (χ1v) is 5.41. The summed E-state index contributed by atoms with van der Waals surface area (Å²) in [6.45, 7) is 5.66. The second-order valence-corrected chi connectivity index (χ2v) is 3.49. The van der Waals surface area contributed by atoms with E-state index in [2.05, 4.69) is 0 Å². The molecule has 0 aliphatic carbocycles. The summed E-state index contributed by atoms with van der Waals surface area (Å²) in [6.07, 6.45) is 0.386. The van der Waals surface area contributed by atoms with E-state index in [1.54, 1.807) is 26.0 Å². The molecule has 0 amide bonds. The number of esters is 1. The molecule has 3 heteroatoms. The zero-order valence-electron chi connectivity index (χ0n) is 9.87. The number of ketones is 1. The van der Waals surface area contributed by atoms with Gasteiger partial charge in [-0.05, 0) is 25.5 Å². The van der Waals surface area contributed by atoms with Gasteiger partial charge in [0, 0.05) is 12.0 Å². The van der Waals surface area contributed by atoms with Crippen LogP contribution in [-0.2, 0) is 4.74 Å². The Labute approximate surface area is 95.4 Å². The van der Waals surface area contributed by atoms with Gasteiger partial charge in [0.1, 0.15) is 0 Å². The highest BCUT2D eigenvalue weighted by Gasteiger charge is 2.18. The minimum absolute atomic E-state index is 0.0267. The summed E-state index contributed by atoms with van der Waals surface area (Å²) < 4.78 is 4.93. The molecule has 0 N–H and O–H groups in total. The molecule has 0 atom stereocenters. The van der Waals surface area contributed by atoms with Gasteiger partial charge in [-0.15, -0.1) is 0 Å². The molecule has 0 saturated heterocycles. The van der Waals surface area contributed by atoms with Crippen LogP contribution in [0.5, 0.6) is 0 Å². The van der Waals surface area contributed by atoms with Crippen molar-refractivity contribution < 1.29 is 14.3 Å². The standard InChI is InChI=1S/C13H16O3/c1-4-11(14)12-9(3)7-6-8-10(12)13(15)16-5-2/h6-8H,4-5H2,1-3H3. The predicted octanol–water partition coefficient (Wildman–Crippen LogP) is 2.76. The van der Waals surface area contributed by atoms with E-state index < -0.39 is 5.97 Å². The summed E-state index contributed by atoms with van der Waals surface area (Å²) in [5.41, 5.74) is 1.68. The van der Waals surface area contributed by atoms with E-state index in [4.69, 9.17) is 4.74 Å². The topological polar surface area (TPSA) is 43.4 Å². The maximum Gasteiger partial charge on any atom is 0.338 e. The van der Waals surface area contributed by atoms with Crippen molar-refractivity contribution in [3.05, 3.63) is 34.9 Å². The number of ether oxygens (including phenoxy) is 1. The fourth-order valence-corrected chi connectivity index (χ4v) is 1.59. The number of Topliss-reactive ketones (excluding diaryl/α,β-unsaturated/α-hetero) is 1. The molecule has 0 aliphatic rings. The van der Waals surface area contributed by atoms with Gasteiger partial charge in [-0.2, -0.15) is 0 Å². The minimum atomic E-state index is -0.428. The van der Waals surface area contributed by atoms with Crippen molar-refractivity contribution in [2.75, 3.05) is 6.61 Å². The number of carbonyl (C=O) groups excluding carboxylic acids is 2. The second-order valence-electron chi connectivity index (χ2n) is 3.49. The lowest BCUT2D eigenvalue weighted by Gasteiger charge is -2.09. The van der Waals surface area contributed by atoms with E-state index in [1.807, 2.05) is 13.0 Å². The molecule has 0 unspecified atom stereocenters. The van der Waals surface area contributed by atoms with Gasteiger partial charge < -0.3 is 4.74 Å². The number of hydrogen-bond donors (Lipinski definition) is 0. The summed E-state index contributed by atoms with van der Waals surface area (Å²) in [5, 5.41) is 0. The first kappa shape index (κ1) is 12.4. The fourth-order valence-electron chi connectivity index (χ4n) is 1.59. The van der Waals surface area contributed by atoms with Crippen LogP contribution in [0.4, 0.5) is 0 Å². The Kier molecular flexibility index (Phi) is 4.23. The zero-order chi connectivity index (χ0) is 12.1. The fraction of sp³-hybridized carbons (Fsp3) is 0.385. The molecule has 1 aromatic rings. The molecule has 1 rings (SSSR count). The van der Waals surface area contributed by atoms with Gasteiger partial charge in [-0.25, -0.2) is 4.79 Å². The number of benzene rings is 1. The third kappa shape index (κ3) is 2.48. The molecule has 16 heavy (non-hydrogen) atoms. The van der Waals surface area contributed by atoms with Gasteiger partial charge in [0.25, 0.3) is 0 Å². The van der Waals surface area contributed by atoms with Crippen molar-refractivity contribution in [2.45, 2.75) is 27.2 Å². The third-order valence-electron chi connectivity index (χ3n) is 2.37. The molecule has 0 fully saturated rings. The Hall–Kier alpha value is -1.64. The average Bonchev–Trinajstić information content (AvgIpc) is 2.28. The lowest BCUT2D eigenvalue weighted by atomic mass is 9.97. The van der Waals surface area contributed by atoms with Crippen LogP contribution in [0.25, 0.3) is 0 Å². The molecular formula is C13H16O3. The van der Waals surface area contributed by atoms with Crippen LogP contribution in [-0.4, -0.2) is 18.4 Å². The molecular weight excluding hydrogens is 204 g/mol. The number of hydrogen-bond acceptors (Lipinski definition) is 3. The van der Waals surface area contributed by atoms with Crippen LogP contribution in [0.2, 0.25) is 0 Å². The quantitative estimate of drug-likeness (QED) is 0.579. The van der Waals surface area contributed by atoms with Crippen molar-refractivity contribution in [3.63, 3.8) is 0 Å². The van der Waals surface area contributed by atoms with E-state index in [0.29, 0.717) is 24.2 Å². The van der Waals surface area contributed by atoms with E-state index >= 15 is 0 Å². The van der Waals surface area contributed by atoms with Crippen LogP contribution in [0.15, 0.2) is 18.2 Å². The molecule has 0 heterocycles. The lowest BCUT2D eigenvalue weighted by molar-refractivity contribution is 0.0523. The summed E-state index contributed by atoms with van der Waals surface area (Å²) in [5.74, 6) is -0.454. The molecule has 0 aromatic heterocycles. The maximum atomic E-state index is 11.8. The monoisotopic (exact) mass is 220 g/mol. The van der Waals surface area contributed by atoms with Crippen LogP contribution in [0.1, 0.15) is 46.5 Å². The summed E-state index contributed by atoms with van der Waals surface area (Å²) in [7, 11) is 0. The summed E-state index contributed by atoms with van der Waals surface area (Å²) in [4.78, 5) is 23.4. The van der Waals surface area contributed by atoms with Crippen molar-refractivity contribution in [3.8, 4) is 0 Å². The van der Waals surface area contributed by atoms with Gasteiger partial charge in [0.2, 0.25) is 0 Å². The Bertz CT molecular complexity index is 408. The van der Waals surface area contributed by atoms with Crippen molar-refractivity contribution in [2.24, 2.45) is 0 Å². The molecule has 0 saturated carbocycles. The smallest absolute Gasteiger partial charge is 0.338 e. The molecule has 0 bridgehead atoms. The molecule has 0 aliphatic heterocycles. The average molecular weight is 220 g/mol. The normalized spacial score (nSPS) is 9.94. The number of aryl methyl sites for hydroxylation is 1. The zero-order valence-corrected chi connectivity index (χ0v) is 9.87. The lowest BCUT2D eigenvalue weighted by Crippen LogP contribution is -2.12. The Morgan fingerprint density at radius 1 is 1.25 bits per heavy atom. The summed E-state index contributed by atoms with van der Waals surface area (Å²) >= 11 is 0. The molecule has 1 aromatic carbocycles. The Morgan fingerprint density at radius 3 is 2.50 bits per heavy atom. The van der Waals surface area contributed by atoms with Crippen molar-refractivity contribution in [1.82, 2.24) is 0 Å². The van der Waals surface area contributed by atoms with Crippen molar-refractivity contribution >= 4 is 11.8 Å². The van der Waals surface area contributed by atoms with E-state index in [9.17, 15) is 9.59 Å². The van der Waals surface area contributed by atoms with E-state index in [1.165, 1.54) is 0 Å². The highest BCUT2D eigenvalue weighted by molar-refractivity contribution is 6.07. The van der Waals surface area contributed by atoms with Crippen LogP contribution in [0.3, 0.4) is 0 Å². The SMILES string of the molecule is CCOC(=O)c1cccc(C)c1C(=O)CC. The summed E-state index contributed by atoms with van der Waals surface area (Å²) in [6, 6.07) is 5.22. The predicted molar refractivity (Wildman–Crippen MR) is 61.8 cm³/mol. The number of rotatable bonds is 4. The highest BCUT2D eigenvalue weighted by atomic mass is 16.5. The van der Waals surface area contributed by atoms with Crippen LogP contribution < -0.4 is 0 Å². The Morgan fingerprint density at radius 2 is 1.94 bits per heavy atom. The van der Waals surface area contributed by atoms with Gasteiger partial charge in [0.05, 0.1) is 12.2 Å². The minimum Gasteiger partial charge on any atom is -0.462 e. The Balaban J connectivity index is 3.22. The largest absolute Gasteiger partial charge is 0.462 e. The van der Waals surface area contributed by atoms with Gasteiger partial charge in [-0.1, -0.05) is 19.1 Å². The molecule has 0 spiro atoms. The molecule has 0 radical (unpaired) electrons. The molecule has 86 valence electrons. The van der Waals surface area contributed by atoms with E-state index in [0.717, 1.165) is 5.56 Å². The van der Waals surface area contributed by atoms with Gasteiger partial charge in [0.15, 0.2) is 5.78 Å². The second kappa shape index (κ2) is 5.45. The number of carbonyl (C=O) groups is 2. The first-order chi connectivity index (χ1) is 7.61. The van der Waals surface area contributed by atoms with Crippen LogP contribution in [0, 0.1) is 6.92 Å². The van der Waals surface area contributed by atoms with Crippen LogP contribution >= 0.6 is 0 Å². The molecule has 3 nitrogen and oxygen atoms in total. The van der Waals surface area contributed by atoms with Gasteiger partial charge in [-0.3, -0.25) is 4.79 Å².